The number of carbonyl (C=O) groups is 1. The summed E-state index contributed by atoms with van der Waals surface area (Å²) < 4.78 is 10.8. The van der Waals surface area contributed by atoms with Crippen LogP contribution in [0.5, 0.6) is 5.75 Å². The molecule has 1 heterocycles. The van der Waals surface area contributed by atoms with Gasteiger partial charge in [-0.15, -0.1) is 0 Å². The summed E-state index contributed by atoms with van der Waals surface area (Å²) in [6.45, 7) is 1.11. The number of benzene rings is 2. The van der Waals surface area contributed by atoms with Gasteiger partial charge in [-0.2, -0.15) is 0 Å². The van der Waals surface area contributed by atoms with Gasteiger partial charge in [-0.05, 0) is 47.4 Å². The van der Waals surface area contributed by atoms with Gasteiger partial charge < -0.3 is 15.2 Å². The first kappa shape index (κ1) is 16.3. The van der Waals surface area contributed by atoms with Crippen LogP contribution >= 0.6 is 0 Å². The van der Waals surface area contributed by atoms with Crippen LogP contribution in [0.4, 0.5) is 0 Å². The van der Waals surface area contributed by atoms with Crippen molar-refractivity contribution in [1.29, 1.82) is 0 Å². The highest BCUT2D eigenvalue weighted by Gasteiger charge is 2.19. The van der Waals surface area contributed by atoms with Crippen molar-refractivity contribution < 1.29 is 14.3 Å². The van der Waals surface area contributed by atoms with Crippen LogP contribution in [0.15, 0.2) is 48.5 Å². The van der Waals surface area contributed by atoms with Crippen molar-refractivity contribution >= 4 is 11.5 Å². The van der Waals surface area contributed by atoms with E-state index in [1.165, 1.54) is 7.11 Å². The molecule has 2 aromatic rings. The summed E-state index contributed by atoms with van der Waals surface area (Å²) in [5.41, 5.74) is 11.0. The van der Waals surface area contributed by atoms with E-state index in [0.717, 1.165) is 40.0 Å². The number of nitrogens with two attached hydrogens (primary N) is 1. The third-order valence-corrected chi connectivity index (χ3v) is 4.12. The van der Waals surface area contributed by atoms with E-state index in [4.69, 9.17) is 15.2 Å². The second-order valence-electron chi connectivity index (χ2n) is 5.72. The lowest BCUT2D eigenvalue weighted by Crippen LogP contribution is -2.05. The predicted octanol–water partition coefficient (Wildman–Crippen LogP) is 3.08. The molecule has 1 aliphatic rings. The molecular weight excluding hydrogens is 302 g/mol. The molecule has 0 atom stereocenters. The van der Waals surface area contributed by atoms with Gasteiger partial charge in [0.15, 0.2) is 0 Å². The third-order valence-electron chi connectivity index (χ3n) is 4.12. The van der Waals surface area contributed by atoms with Crippen molar-refractivity contribution in [2.24, 2.45) is 5.73 Å². The average molecular weight is 323 g/mol. The van der Waals surface area contributed by atoms with Crippen LogP contribution < -0.4 is 10.5 Å². The van der Waals surface area contributed by atoms with Gasteiger partial charge in [0.05, 0.1) is 13.5 Å². The Kier molecular flexibility index (Phi) is 4.96. The molecule has 0 aromatic heterocycles. The maximum atomic E-state index is 11.6. The molecule has 0 aliphatic carbocycles. The molecule has 3 rings (SSSR count). The van der Waals surface area contributed by atoms with Crippen molar-refractivity contribution in [3.8, 4) is 5.75 Å². The molecule has 0 saturated heterocycles. The van der Waals surface area contributed by atoms with Gasteiger partial charge in [0.25, 0.3) is 0 Å². The molecule has 0 fully saturated rings. The van der Waals surface area contributed by atoms with E-state index in [1.807, 2.05) is 30.3 Å². The summed E-state index contributed by atoms with van der Waals surface area (Å²) in [6, 6.07) is 14.1. The van der Waals surface area contributed by atoms with E-state index in [-0.39, 0.29) is 12.4 Å². The van der Waals surface area contributed by atoms with Gasteiger partial charge in [0.2, 0.25) is 0 Å². The first-order chi connectivity index (χ1) is 11.7. The minimum atomic E-state index is -0.252. The Balaban J connectivity index is 2.10. The smallest absolute Gasteiger partial charge is 0.309 e. The van der Waals surface area contributed by atoms with Gasteiger partial charge in [0, 0.05) is 5.56 Å². The summed E-state index contributed by atoms with van der Waals surface area (Å²) in [6.07, 6.45) is 3.17. The fraction of sp³-hybridized carbons (Fsp3) is 0.250. The summed E-state index contributed by atoms with van der Waals surface area (Å²) >= 11 is 0. The highest BCUT2D eigenvalue weighted by atomic mass is 16.5. The molecule has 2 aromatic carbocycles. The topological polar surface area (TPSA) is 61.5 Å². The van der Waals surface area contributed by atoms with Gasteiger partial charge >= 0.3 is 5.97 Å². The normalized spacial score (nSPS) is 14.3. The molecule has 0 amide bonds. The van der Waals surface area contributed by atoms with Crippen molar-refractivity contribution in [3.05, 3.63) is 70.8 Å². The van der Waals surface area contributed by atoms with Crippen LogP contribution in [0, 0.1) is 0 Å². The maximum absolute atomic E-state index is 11.6. The molecule has 0 radical (unpaired) electrons. The van der Waals surface area contributed by atoms with E-state index >= 15 is 0 Å². The predicted molar refractivity (Wildman–Crippen MR) is 93.7 cm³/mol. The Bertz CT molecular complexity index is 780. The monoisotopic (exact) mass is 323 g/mol. The van der Waals surface area contributed by atoms with E-state index < -0.39 is 0 Å². The van der Waals surface area contributed by atoms with Crippen molar-refractivity contribution in [2.75, 3.05) is 13.7 Å². The minimum Gasteiger partial charge on any atom is -0.488 e. The van der Waals surface area contributed by atoms with Gasteiger partial charge in [-0.1, -0.05) is 36.4 Å². The fourth-order valence-corrected chi connectivity index (χ4v) is 2.92. The highest BCUT2D eigenvalue weighted by molar-refractivity contribution is 5.85. The van der Waals surface area contributed by atoms with Crippen LogP contribution in [0.2, 0.25) is 0 Å². The maximum Gasteiger partial charge on any atom is 0.309 e. The largest absolute Gasteiger partial charge is 0.488 e. The number of hydrogen-bond acceptors (Lipinski definition) is 4. The van der Waals surface area contributed by atoms with Crippen LogP contribution in [0.25, 0.3) is 5.57 Å². The summed E-state index contributed by atoms with van der Waals surface area (Å²) in [5, 5.41) is 0. The molecular formula is C20H21NO3. The van der Waals surface area contributed by atoms with E-state index in [2.05, 4.69) is 18.2 Å². The standard InChI is InChI=1S/C20H21NO3/c1-23-20(22)12-14-8-9-19-18(11-14)17(7-4-10-21)16-6-3-2-5-15(16)13-24-19/h2-3,5-9,11H,4,10,12-13,21H2,1H3. The Morgan fingerprint density at radius 3 is 2.88 bits per heavy atom. The van der Waals surface area contributed by atoms with Gasteiger partial charge in [-0.3, -0.25) is 4.79 Å². The molecule has 0 saturated carbocycles. The molecule has 0 spiro atoms. The lowest BCUT2D eigenvalue weighted by Gasteiger charge is -2.12. The van der Waals surface area contributed by atoms with E-state index in [9.17, 15) is 4.79 Å². The highest BCUT2D eigenvalue weighted by Crippen LogP contribution is 2.37. The average Bonchev–Trinajstić information content (AvgIpc) is 2.76. The second kappa shape index (κ2) is 7.32. The first-order valence-corrected chi connectivity index (χ1v) is 8.04. The number of ether oxygens (including phenoxy) is 2. The van der Waals surface area contributed by atoms with Crippen LogP contribution in [-0.4, -0.2) is 19.6 Å². The number of hydrogen-bond donors (Lipinski definition) is 1. The summed E-state index contributed by atoms with van der Waals surface area (Å²) in [7, 11) is 1.40. The van der Waals surface area contributed by atoms with Crippen molar-refractivity contribution in [1.82, 2.24) is 0 Å². The number of rotatable bonds is 4. The zero-order valence-corrected chi connectivity index (χ0v) is 13.7. The van der Waals surface area contributed by atoms with Crippen LogP contribution in [-0.2, 0) is 22.6 Å². The third kappa shape index (κ3) is 3.34. The molecule has 4 nitrogen and oxygen atoms in total. The Morgan fingerprint density at radius 1 is 1.25 bits per heavy atom. The van der Waals surface area contributed by atoms with Crippen LogP contribution in [0.1, 0.15) is 28.7 Å². The molecule has 0 bridgehead atoms. The molecule has 2 N–H and O–H groups in total. The molecule has 0 unspecified atom stereocenters. The lowest BCUT2D eigenvalue weighted by atomic mass is 9.92. The zero-order chi connectivity index (χ0) is 16.9. The van der Waals surface area contributed by atoms with Crippen LogP contribution in [0.3, 0.4) is 0 Å². The SMILES string of the molecule is COC(=O)Cc1ccc2c(c1)C(=CCCN)c1ccccc1CO2. The van der Waals surface area contributed by atoms with Crippen molar-refractivity contribution in [2.45, 2.75) is 19.4 Å². The lowest BCUT2D eigenvalue weighted by molar-refractivity contribution is -0.139. The second-order valence-corrected chi connectivity index (χ2v) is 5.72. The Morgan fingerprint density at radius 2 is 2.08 bits per heavy atom. The number of carbonyl (C=O) groups excluding carboxylic acids is 1. The quantitative estimate of drug-likeness (QED) is 0.879. The molecule has 124 valence electrons. The minimum absolute atomic E-state index is 0.246. The zero-order valence-electron chi connectivity index (χ0n) is 13.7. The Labute approximate surface area is 141 Å². The van der Waals surface area contributed by atoms with E-state index in [0.29, 0.717) is 13.2 Å². The molecule has 1 aliphatic heterocycles. The van der Waals surface area contributed by atoms with Crippen molar-refractivity contribution in [3.63, 3.8) is 0 Å². The Hall–Kier alpha value is -2.59. The van der Waals surface area contributed by atoms with Gasteiger partial charge in [-0.25, -0.2) is 0 Å². The molecule has 4 heteroatoms. The number of fused-ring (bicyclic) bond motifs is 2. The van der Waals surface area contributed by atoms with E-state index in [1.54, 1.807) is 0 Å². The summed E-state index contributed by atoms with van der Waals surface area (Å²) in [5.74, 6) is 0.570. The summed E-state index contributed by atoms with van der Waals surface area (Å²) in [4.78, 5) is 11.6. The fourth-order valence-electron chi connectivity index (χ4n) is 2.92. The number of methoxy groups -OCH3 is 1. The van der Waals surface area contributed by atoms with Gasteiger partial charge in [0.1, 0.15) is 12.4 Å². The number of esters is 1. The first-order valence-electron chi connectivity index (χ1n) is 8.04. The molecule has 24 heavy (non-hydrogen) atoms.